The Bertz CT molecular complexity index is 1010. The third-order valence-corrected chi connectivity index (χ3v) is 3.60. The summed E-state index contributed by atoms with van der Waals surface area (Å²) >= 11 is 0. The van der Waals surface area contributed by atoms with E-state index in [-0.39, 0.29) is 0 Å². The zero-order valence-electron chi connectivity index (χ0n) is 14.6. The van der Waals surface area contributed by atoms with Gasteiger partial charge in [0.1, 0.15) is 11.3 Å². The van der Waals surface area contributed by atoms with Crippen molar-refractivity contribution in [2.45, 2.75) is 6.92 Å². The second kappa shape index (κ2) is 8.95. The summed E-state index contributed by atoms with van der Waals surface area (Å²) in [7, 11) is 0. The molecule has 0 aliphatic rings. The van der Waals surface area contributed by atoms with E-state index in [9.17, 15) is 5.26 Å². The van der Waals surface area contributed by atoms with Crippen LogP contribution in [-0.4, -0.2) is 11.2 Å². The average Bonchev–Trinajstić information content (AvgIpc) is 3.10. The first-order valence-electron chi connectivity index (χ1n) is 7.95. The van der Waals surface area contributed by atoms with Crippen molar-refractivity contribution in [1.82, 2.24) is 4.98 Å². The second-order valence-electron chi connectivity index (χ2n) is 5.17. The Labute approximate surface area is 153 Å². The molecular weight excluding hydrogens is 322 g/mol. The molecule has 0 aliphatic carbocycles. The van der Waals surface area contributed by atoms with Crippen molar-refractivity contribution >= 4 is 28.5 Å². The molecule has 2 rings (SSSR count). The van der Waals surface area contributed by atoms with Crippen molar-refractivity contribution in [3.8, 4) is 6.07 Å². The molecule has 0 N–H and O–H groups in total. The van der Waals surface area contributed by atoms with E-state index in [1.807, 2.05) is 19.1 Å². The molecule has 0 atom stereocenters. The first-order valence-corrected chi connectivity index (χ1v) is 7.95. The highest BCUT2D eigenvalue weighted by molar-refractivity contribution is 5.93. The summed E-state index contributed by atoms with van der Waals surface area (Å²) in [6, 6.07) is 5.80. The zero-order valence-corrected chi connectivity index (χ0v) is 14.6. The van der Waals surface area contributed by atoms with Gasteiger partial charge in [-0.1, -0.05) is 44.0 Å². The Morgan fingerprint density at radius 3 is 2.65 bits per heavy atom. The van der Waals surface area contributed by atoms with E-state index < -0.39 is 0 Å². The van der Waals surface area contributed by atoms with Crippen LogP contribution in [0.5, 0.6) is 0 Å². The predicted molar refractivity (Wildman–Crippen MR) is 108 cm³/mol. The minimum absolute atomic E-state index is 0.544. The molecule has 0 unspecified atom stereocenters. The maximum Gasteiger partial charge on any atom is 0.161 e. The topological polar surface area (TPSA) is 62.2 Å². The molecular formula is C22H19N3O. The third-order valence-electron chi connectivity index (χ3n) is 3.60. The fourth-order valence-corrected chi connectivity index (χ4v) is 2.30. The molecule has 0 aliphatic heterocycles. The monoisotopic (exact) mass is 341 g/mol. The maximum atomic E-state index is 9.17. The number of hydrogen-bond donors (Lipinski definition) is 0. The fourth-order valence-electron chi connectivity index (χ4n) is 2.30. The van der Waals surface area contributed by atoms with Crippen LogP contribution in [0.15, 0.2) is 89.6 Å². The van der Waals surface area contributed by atoms with E-state index in [1.54, 1.807) is 49.0 Å². The van der Waals surface area contributed by atoms with Crippen LogP contribution in [-0.2, 0) is 0 Å². The first kappa shape index (κ1) is 18.6. The molecule has 0 spiro atoms. The first-order chi connectivity index (χ1) is 12.7. The number of furan rings is 1. The fraction of sp³-hybridized carbons (Fsp3) is 0.0455. The Balaban J connectivity index is 2.63. The molecule has 4 heteroatoms. The van der Waals surface area contributed by atoms with Crippen molar-refractivity contribution in [2.75, 3.05) is 0 Å². The Kier molecular flexibility index (Phi) is 6.41. The molecule has 2 aromatic heterocycles. The van der Waals surface area contributed by atoms with Crippen molar-refractivity contribution in [3.05, 3.63) is 91.5 Å². The Morgan fingerprint density at radius 1 is 1.27 bits per heavy atom. The summed E-state index contributed by atoms with van der Waals surface area (Å²) in [5.74, 6) is 0.603. The molecule has 128 valence electrons. The third kappa shape index (κ3) is 4.03. The van der Waals surface area contributed by atoms with Gasteiger partial charge in [-0.25, -0.2) is 0 Å². The zero-order chi connectivity index (χ0) is 18.9. The molecule has 0 fully saturated rings. The van der Waals surface area contributed by atoms with E-state index >= 15 is 0 Å². The summed E-state index contributed by atoms with van der Waals surface area (Å²) in [5.41, 5.74) is 4.17. The SMILES string of the molecule is C=CC=N/C=C(\C=C)c1cc2nccc(/C(C=C)=C/C(C#N)=C\C)c2o1. The number of nitrogens with zero attached hydrogens (tertiary/aromatic N) is 3. The van der Waals surface area contributed by atoms with Crippen LogP contribution in [0.1, 0.15) is 18.2 Å². The van der Waals surface area contributed by atoms with Crippen LogP contribution in [0.4, 0.5) is 0 Å². The van der Waals surface area contributed by atoms with Crippen LogP contribution in [0.25, 0.3) is 22.2 Å². The number of aliphatic imine (C=N–C) groups is 1. The van der Waals surface area contributed by atoms with E-state index in [1.165, 1.54) is 0 Å². The lowest BCUT2D eigenvalue weighted by atomic mass is 10.0. The predicted octanol–water partition coefficient (Wildman–Crippen LogP) is 5.65. The van der Waals surface area contributed by atoms with E-state index in [2.05, 4.69) is 35.8 Å². The van der Waals surface area contributed by atoms with Gasteiger partial charge in [0.2, 0.25) is 0 Å². The number of allylic oxidation sites excluding steroid dienone is 8. The van der Waals surface area contributed by atoms with Gasteiger partial charge in [0, 0.05) is 41.4 Å². The van der Waals surface area contributed by atoms with Gasteiger partial charge in [-0.2, -0.15) is 5.26 Å². The van der Waals surface area contributed by atoms with E-state index in [4.69, 9.17) is 4.42 Å². The van der Waals surface area contributed by atoms with Gasteiger partial charge in [-0.05, 0) is 24.6 Å². The number of fused-ring (bicyclic) bond motifs is 1. The van der Waals surface area contributed by atoms with Crippen molar-refractivity contribution in [3.63, 3.8) is 0 Å². The van der Waals surface area contributed by atoms with Gasteiger partial charge in [0.05, 0.1) is 6.07 Å². The highest BCUT2D eigenvalue weighted by Crippen LogP contribution is 2.30. The number of nitriles is 1. The molecule has 26 heavy (non-hydrogen) atoms. The van der Waals surface area contributed by atoms with Gasteiger partial charge in [0.25, 0.3) is 0 Å². The van der Waals surface area contributed by atoms with Crippen LogP contribution in [0.3, 0.4) is 0 Å². The second-order valence-corrected chi connectivity index (χ2v) is 5.17. The van der Waals surface area contributed by atoms with Gasteiger partial charge in [-0.3, -0.25) is 9.98 Å². The molecule has 0 saturated carbocycles. The van der Waals surface area contributed by atoms with Crippen molar-refractivity contribution in [1.29, 1.82) is 5.26 Å². The lowest BCUT2D eigenvalue weighted by Crippen LogP contribution is -1.85. The molecule has 4 nitrogen and oxygen atoms in total. The molecule has 0 saturated heterocycles. The summed E-state index contributed by atoms with van der Waals surface area (Å²) < 4.78 is 6.02. The van der Waals surface area contributed by atoms with Crippen LogP contribution >= 0.6 is 0 Å². The van der Waals surface area contributed by atoms with Crippen LogP contribution in [0.2, 0.25) is 0 Å². The Hall–Kier alpha value is -3.71. The molecule has 0 radical (unpaired) electrons. The minimum Gasteiger partial charge on any atom is -0.454 e. The van der Waals surface area contributed by atoms with Gasteiger partial charge in [-0.15, -0.1) is 0 Å². The maximum absolute atomic E-state index is 9.17. The largest absolute Gasteiger partial charge is 0.454 e. The lowest BCUT2D eigenvalue weighted by Gasteiger charge is -2.03. The lowest BCUT2D eigenvalue weighted by molar-refractivity contribution is 0.599. The highest BCUT2D eigenvalue weighted by Gasteiger charge is 2.13. The molecule has 2 aromatic rings. The minimum atomic E-state index is 0.544. The average molecular weight is 341 g/mol. The summed E-state index contributed by atoms with van der Waals surface area (Å²) in [6.07, 6.45) is 13.4. The van der Waals surface area contributed by atoms with E-state index in [0.29, 0.717) is 22.4 Å². The summed E-state index contributed by atoms with van der Waals surface area (Å²) in [5, 5.41) is 9.17. The normalized spacial score (nSPS) is 13.0. The number of hydrogen-bond acceptors (Lipinski definition) is 4. The molecule has 0 amide bonds. The summed E-state index contributed by atoms with van der Waals surface area (Å²) in [6.45, 7) is 13.1. The van der Waals surface area contributed by atoms with Gasteiger partial charge < -0.3 is 4.42 Å². The number of rotatable bonds is 7. The number of pyridine rings is 1. The van der Waals surface area contributed by atoms with Crippen LogP contribution in [0, 0.1) is 11.3 Å². The Morgan fingerprint density at radius 2 is 2.04 bits per heavy atom. The quantitative estimate of drug-likeness (QED) is 0.371. The smallest absolute Gasteiger partial charge is 0.161 e. The standard InChI is InChI=1S/C22H19N3O/c1-5-10-24-15-18(8-4)21-13-20-22(26-21)19(9-11-25-20)17(7-3)12-16(6-2)14-23/h5-13,15H,1,3-4H2,2H3/b16-6+,17-12+,18-15+,24-10?. The summed E-state index contributed by atoms with van der Waals surface area (Å²) in [4.78, 5) is 8.48. The highest BCUT2D eigenvalue weighted by atomic mass is 16.3. The van der Waals surface area contributed by atoms with E-state index in [0.717, 1.165) is 16.7 Å². The van der Waals surface area contributed by atoms with Crippen molar-refractivity contribution in [2.24, 2.45) is 4.99 Å². The molecule has 0 bridgehead atoms. The van der Waals surface area contributed by atoms with Gasteiger partial charge >= 0.3 is 0 Å². The van der Waals surface area contributed by atoms with Gasteiger partial charge in [0.15, 0.2) is 5.58 Å². The molecule has 2 heterocycles. The number of aromatic nitrogens is 1. The van der Waals surface area contributed by atoms with Crippen LogP contribution < -0.4 is 0 Å². The molecule has 0 aromatic carbocycles. The van der Waals surface area contributed by atoms with Crippen molar-refractivity contribution < 1.29 is 4.42 Å².